The second kappa shape index (κ2) is 4.13. The van der Waals surface area contributed by atoms with Gasteiger partial charge in [-0.05, 0) is 42.5 Å². The third kappa shape index (κ3) is 2.01. The number of ether oxygens (including phenoxy) is 1. The Labute approximate surface area is 108 Å². The van der Waals surface area contributed by atoms with Gasteiger partial charge >= 0.3 is 0 Å². The van der Waals surface area contributed by atoms with Crippen LogP contribution < -0.4 is 10.1 Å². The van der Waals surface area contributed by atoms with Crippen LogP contribution in [0.15, 0.2) is 42.5 Å². The number of nitrogens with one attached hydrogen (secondary N) is 1. The minimum Gasteiger partial charge on any atom is -0.508 e. The Morgan fingerprint density at radius 3 is 2.21 bits per heavy atom. The maximum atomic E-state index is 11.5. The molecule has 2 aromatic rings. The van der Waals surface area contributed by atoms with Crippen molar-refractivity contribution in [2.45, 2.75) is 0 Å². The minimum absolute atomic E-state index is 0.145. The fourth-order valence-corrected chi connectivity index (χ4v) is 1.86. The van der Waals surface area contributed by atoms with E-state index in [0.717, 1.165) is 0 Å². The van der Waals surface area contributed by atoms with Gasteiger partial charge in [0.05, 0.1) is 11.1 Å². The van der Waals surface area contributed by atoms with Crippen LogP contribution in [0.4, 0.5) is 0 Å². The molecule has 3 rings (SSSR count). The molecular formula is C14H9NO4. The van der Waals surface area contributed by atoms with Crippen LogP contribution in [-0.2, 0) is 0 Å². The highest BCUT2D eigenvalue weighted by Crippen LogP contribution is 2.27. The molecule has 2 aromatic carbocycles. The maximum absolute atomic E-state index is 11.5. The number of aromatic hydroxyl groups is 1. The van der Waals surface area contributed by atoms with Gasteiger partial charge in [-0.1, -0.05) is 0 Å². The molecule has 0 radical (unpaired) electrons. The topological polar surface area (TPSA) is 75.6 Å². The minimum atomic E-state index is -0.420. The number of rotatable bonds is 2. The average molecular weight is 255 g/mol. The molecule has 0 bridgehead atoms. The number of carbonyl (C=O) groups is 2. The Morgan fingerprint density at radius 2 is 1.47 bits per heavy atom. The number of hydrogen-bond acceptors (Lipinski definition) is 4. The summed E-state index contributed by atoms with van der Waals surface area (Å²) in [5.74, 6) is 0.315. The lowest BCUT2D eigenvalue weighted by Gasteiger charge is -2.06. The van der Waals surface area contributed by atoms with Crippen LogP contribution in [0.2, 0.25) is 0 Å². The van der Waals surface area contributed by atoms with E-state index < -0.39 is 11.8 Å². The van der Waals surface area contributed by atoms with E-state index in [9.17, 15) is 9.59 Å². The molecule has 0 saturated heterocycles. The first-order valence-electron chi connectivity index (χ1n) is 5.60. The van der Waals surface area contributed by atoms with Crippen molar-refractivity contribution in [1.82, 2.24) is 5.32 Å². The van der Waals surface area contributed by atoms with E-state index in [1.165, 1.54) is 18.2 Å². The van der Waals surface area contributed by atoms with Gasteiger partial charge in [0.2, 0.25) is 0 Å². The molecule has 0 saturated carbocycles. The Hall–Kier alpha value is -2.82. The molecule has 1 aliphatic rings. The summed E-state index contributed by atoms with van der Waals surface area (Å²) in [4.78, 5) is 22.9. The molecular weight excluding hydrogens is 246 g/mol. The highest BCUT2D eigenvalue weighted by molar-refractivity contribution is 6.21. The summed E-state index contributed by atoms with van der Waals surface area (Å²) in [6.45, 7) is 0. The number of phenolic OH excluding ortho intramolecular Hbond substituents is 1. The van der Waals surface area contributed by atoms with Gasteiger partial charge in [0.1, 0.15) is 17.2 Å². The predicted octanol–water partition coefficient (Wildman–Crippen LogP) is 2.07. The van der Waals surface area contributed by atoms with E-state index in [-0.39, 0.29) is 5.75 Å². The zero-order valence-corrected chi connectivity index (χ0v) is 9.71. The SMILES string of the molecule is O=C1NC(=O)c2cc(Oc3ccc(O)cc3)ccc21. The first-order valence-corrected chi connectivity index (χ1v) is 5.60. The summed E-state index contributed by atoms with van der Waals surface area (Å²) < 4.78 is 5.54. The zero-order valence-electron chi connectivity index (χ0n) is 9.71. The summed E-state index contributed by atoms with van der Waals surface area (Å²) >= 11 is 0. The van der Waals surface area contributed by atoms with Crippen LogP contribution in [0.25, 0.3) is 0 Å². The van der Waals surface area contributed by atoms with Crippen LogP contribution in [0.3, 0.4) is 0 Å². The van der Waals surface area contributed by atoms with Crippen molar-refractivity contribution in [2.75, 3.05) is 0 Å². The average Bonchev–Trinajstić information content (AvgIpc) is 2.68. The van der Waals surface area contributed by atoms with Gasteiger partial charge in [0.25, 0.3) is 11.8 Å². The zero-order chi connectivity index (χ0) is 13.4. The maximum Gasteiger partial charge on any atom is 0.259 e. The van der Waals surface area contributed by atoms with Crippen molar-refractivity contribution >= 4 is 11.8 Å². The molecule has 5 heteroatoms. The number of phenols is 1. The number of hydrogen-bond donors (Lipinski definition) is 2. The summed E-state index contributed by atoms with van der Waals surface area (Å²) in [7, 11) is 0. The summed E-state index contributed by atoms with van der Waals surface area (Å²) in [6.07, 6.45) is 0. The molecule has 0 aliphatic carbocycles. The van der Waals surface area contributed by atoms with Crippen LogP contribution >= 0.6 is 0 Å². The number of amides is 2. The van der Waals surface area contributed by atoms with Gasteiger partial charge in [-0.25, -0.2) is 0 Å². The highest BCUT2D eigenvalue weighted by Gasteiger charge is 2.26. The molecule has 0 atom stereocenters. The van der Waals surface area contributed by atoms with Crippen molar-refractivity contribution in [1.29, 1.82) is 0 Å². The first kappa shape index (κ1) is 11.3. The van der Waals surface area contributed by atoms with E-state index >= 15 is 0 Å². The quantitative estimate of drug-likeness (QED) is 0.805. The van der Waals surface area contributed by atoms with E-state index in [2.05, 4.69) is 5.32 Å². The smallest absolute Gasteiger partial charge is 0.259 e. The molecule has 1 aliphatic heterocycles. The van der Waals surface area contributed by atoms with Crippen molar-refractivity contribution in [3.05, 3.63) is 53.6 Å². The predicted molar refractivity (Wildman–Crippen MR) is 66.4 cm³/mol. The van der Waals surface area contributed by atoms with E-state index in [0.29, 0.717) is 22.6 Å². The number of carbonyl (C=O) groups excluding carboxylic acids is 2. The van der Waals surface area contributed by atoms with Gasteiger partial charge in [0.15, 0.2) is 0 Å². The summed E-state index contributed by atoms with van der Waals surface area (Å²) in [5, 5.41) is 11.4. The Morgan fingerprint density at radius 1 is 0.842 bits per heavy atom. The molecule has 0 fully saturated rings. The van der Waals surface area contributed by atoms with Gasteiger partial charge in [-0.2, -0.15) is 0 Å². The largest absolute Gasteiger partial charge is 0.508 e. The Balaban J connectivity index is 1.91. The molecule has 0 unspecified atom stereocenters. The van der Waals surface area contributed by atoms with Gasteiger partial charge in [-0.3, -0.25) is 14.9 Å². The van der Waals surface area contributed by atoms with E-state index in [4.69, 9.17) is 9.84 Å². The first-order chi connectivity index (χ1) is 9.13. The lowest BCUT2D eigenvalue weighted by Crippen LogP contribution is -2.19. The number of imide groups is 1. The highest BCUT2D eigenvalue weighted by atomic mass is 16.5. The summed E-state index contributed by atoms with van der Waals surface area (Å²) in [6, 6.07) is 10.9. The lowest BCUT2D eigenvalue weighted by molar-refractivity contribution is 0.0879. The molecule has 2 N–H and O–H groups in total. The van der Waals surface area contributed by atoms with Crippen LogP contribution in [0.5, 0.6) is 17.2 Å². The second-order valence-electron chi connectivity index (χ2n) is 4.09. The molecule has 0 aromatic heterocycles. The second-order valence-corrected chi connectivity index (χ2v) is 4.09. The van der Waals surface area contributed by atoms with Crippen LogP contribution in [0.1, 0.15) is 20.7 Å². The van der Waals surface area contributed by atoms with Crippen LogP contribution in [-0.4, -0.2) is 16.9 Å². The molecule has 0 spiro atoms. The summed E-state index contributed by atoms with van der Waals surface area (Å²) in [5.41, 5.74) is 0.657. The van der Waals surface area contributed by atoms with E-state index in [1.807, 2.05) is 0 Å². The van der Waals surface area contributed by atoms with Gasteiger partial charge < -0.3 is 9.84 Å². The third-order valence-corrected chi connectivity index (χ3v) is 2.78. The van der Waals surface area contributed by atoms with Crippen LogP contribution in [0, 0.1) is 0 Å². The van der Waals surface area contributed by atoms with Crippen molar-refractivity contribution in [3.8, 4) is 17.2 Å². The number of fused-ring (bicyclic) bond motifs is 1. The van der Waals surface area contributed by atoms with Crippen molar-refractivity contribution < 1.29 is 19.4 Å². The van der Waals surface area contributed by atoms with Crippen molar-refractivity contribution in [3.63, 3.8) is 0 Å². The number of benzene rings is 2. The fraction of sp³-hybridized carbons (Fsp3) is 0. The molecule has 94 valence electrons. The Kier molecular flexibility index (Phi) is 2.45. The lowest BCUT2D eigenvalue weighted by atomic mass is 10.1. The van der Waals surface area contributed by atoms with Crippen molar-refractivity contribution in [2.24, 2.45) is 0 Å². The molecule has 1 heterocycles. The standard InChI is InChI=1S/C14H9NO4/c16-8-1-3-9(4-2-8)19-10-5-6-11-12(7-10)14(18)15-13(11)17/h1-7,16H,(H,15,17,18). The van der Waals surface area contributed by atoms with E-state index in [1.54, 1.807) is 24.3 Å². The monoisotopic (exact) mass is 255 g/mol. The molecule has 5 nitrogen and oxygen atoms in total. The fourth-order valence-electron chi connectivity index (χ4n) is 1.86. The Bertz CT molecular complexity index is 676. The molecule has 2 amide bonds. The van der Waals surface area contributed by atoms with Gasteiger partial charge in [0, 0.05) is 0 Å². The third-order valence-electron chi connectivity index (χ3n) is 2.78. The van der Waals surface area contributed by atoms with Gasteiger partial charge in [-0.15, -0.1) is 0 Å². The molecule has 19 heavy (non-hydrogen) atoms. The normalized spacial score (nSPS) is 13.1.